The topological polar surface area (TPSA) is 51.6 Å². The number of hydrogen-bond donors (Lipinski definition) is 2. The molecule has 22 heavy (non-hydrogen) atoms. The molecule has 0 fully saturated rings. The summed E-state index contributed by atoms with van der Waals surface area (Å²) in [6.07, 6.45) is 0. The molecule has 0 atom stereocenters. The minimum absolute atomic E-state index is 0.666. The number of rotatable bonds is 4. The quantitative estimate of drug-likeness (QED) is 0.743. The minimum Gasteiger partial charge on any atom is -0.366 e. The van der Waals surface area contributed by atoms with Gasteiger partial charge in [0, 0.05) is 17.8 Å². The summed E-state index contributed by atoms with van der Waals surface area (Å²) in [6.45, 7) is 2.68. The molecule has 0 saturated carbocycles. The van der Waals surface area contributed by atoms with E-state index in [0.717, 1.165) is 22.6 Å². The van der Waals surface area contributed by atoms with Gasteiger partial charge in [0.15, 0.2) is 0 Å². The van der Waals surface area contributed by atoms with Gasteiger partial charge in [0.1, 0.15) is 17.5 Å². The number of nitriles is 1. The Morgan fingerprint density at radius 1 is 1.00 bits per heavy atom. The van der Waals surface area contributed by atoms with Gasteiger partial charge in [-0.05, 0) is 18.1 Å². The van der Waals surface area contributed by atoms with Crippen molar-refractivity contribution in [2.45, 2.75) is 13.5 Å². The number of anilines is 1. The first-order valence-corrected chi connectivity index (χ1v) is 7.25. The van der Waals surface area contributed by atoms with Crippen molar-refractivity contribution in [3.8, 4) is 17.2 Å². The second kappa shape index (κ2) is 6.19. The highest BCUT2D eigenvalue weighted by atomic mass is 15.0. The van der Waals surface area contributed by atoms with Crippen LogP contribution in [0.2, 0.25) is 0 Å². The number of aromatic amines is 1. The Morgan fingerprint density at radius 2 is 1.64 bits per heavy atom. The molecule has 3 nitrogen and oxygen atoms in total. The molecule has 0 aliphatic rings. The molecule has 2 aromatic carbocycles. The Labute approximate surface area is 130 Å². The van der Waals surface area contributed by atoms with E-state index in [9.17, 15) is 5.26 Å². The maximum Gasteiger partial charge on any atom is 0.122 e. The van der Waals surface area contributed by atoms with Crippen LogP contribution in [0.5, 0.6) is 0 Å². The van der Waals surface area contributed by atoms with Crippen LogP contribution in [0.3, 0.4) is 0 Å². The lowest BCUT2D eigenvalue weighted by Gasteiger charge is -2.05. The maximum absolute atomic E-state index is 9.56. The van der Waals surface area contributed by atoms with Crippen molar-refractivity contribution in [2.24, 2.45) is 0 Å². The summed E-state index contributed by atoms with van der Waals surface area (Å²) < 4.78 is 0. The molecular weight excluding hydrogens is 270 g/mol. The first-order chi connectivity index (χ1) is 10.8. The number of benzene rings is 2. The van der Waals surface area contributed by atoms with Gasteiger partial charge in [0.05, 0.1) is 0 Å². The number of hydrogen-bond acceptors (Lipinski definition) is 2. The van der Waals surface area contributed by atoms with Gasteiger partial charge in [-0.25, -0.2) is 0 Å². The first-order valence-electron chi connectivity index (χ1n) is 7.25. The highest BCUT2D eigenvalue weighted by Gasteiger charge is 2.16. The summed E-state index contributed by atoms with van der Waals surface area (Å²) in [5.41, 5.74) is 4.87. The molecule has 0 aliphatic heterocycles. The van der Waals surface area contributed by atoms with Crippen LogP contribution in [0.15, 0.2) is 60.7 Å². The molecule has 108 valence electrons. The van der Waals surface area contributed by atoms with E-state index in [-0.39, 0.29) is 0 Å². The molecule has 3 aromatic rings. The van der Waals surface area contributed by atoms with Gasteiger partial charge < -0.3 is 10.3 Å². The largest absolute Gasteiger partial charge is 0.366 e. The summed E-state index contributed by atoms with van der Waals surface area (Å²) in [6, 6.07) is 22.5. The van der Waals surface area contributed by atoms with Crippen LogP contribution < -0.4 is 5.32 Å². The SMILES string of the molecule is Cc1[nH]c(NCc2ccccc2)c(C#N)c1-c1ccccc1. The van der Waals surface area contributed by atoms with Gasteiger partial charge >= 0.3 is 0 Å². The average Bonchev–Trinajstić information content (AvgIpc) is 2.90. The van der Waals surface area contributed by atoms with Gasteiger partial charge in [-0.15, -0.1) is 0 Å². The average molecular weight is 287 g/mol. The second-order valence-corrected chi connectivity index (χ2v) is 5.19. The summed E-state index contributed by atoms with van der Waals surface area (Å²) in [5, 5.41) is 12.9. The molecule has 2 N–H and O–H groups in total. The Bertz CT molecular complexity index is 796. The van der Waals surface area contributed by atoms with Gasteiger partial charge in [-0.2, -0.15) is 5.26 Å². The molecule has 0 bridgehead atoms. The third kappa shape index (κ3) is 2.72. The van der Waals surface area contributed by atoms with Crippen molar-refractivity contribution in [1.82, 2.24) is 4.98 Å². The molecular formula is C19H17N3. The molecule has 0 spiro atoms. The third-order valence-electron chi connectivity index (χ3n) is 3.67. The fourth-order valence-electron chi connectivity index (χ4n) is 2.62. The standard InChI is InChI=1S/C19H17N3/c1-14-18(16-10-6-3-7-11-16)17(12-20)19(22-14)21-13-15-8-4-2-5-9-15/h2-11,21-22H,13H2,1H3. The zero-order valence-corrected chi connectivity index (χ0v) is 12.4. The third-order valence-corrected chi connectivity index (χ3v) is 3.67. The van der Waals surface area contributed by atoms with E-state index in [1.54, 1.807) is 0 Å². The van der Waals surface area contributed by atoms with Crippen molar-refractivity contribution in [3.63, 3.8) is 0 Å². The summed E-state index contributed by atoms with van der Waals surface area (Å²) >= 11 is 0. The van der Waals surface area contributed by atoms with Crippen LogP contribution in [-0.2, 0) is 6.54 Å². The number of nitrogens with zero attached hydrogens (tertiary/aromatic N) is 1. The number of aromatic nitrogens is 1. The molecule has 1 heterocycles. The minimum atomic E-state index is 0.666. The first kappa shape index (κ1) is 14.0. The van der Waals surface area contributed by atoms with E-state index in [1.807, 2.05) is 55.5 Å². The maximum atomic E-state index is 9.56. The fourth-order valence-corrected chi connectivity index (χ4v) is 2.62. The van der Waals surface area contributed by atoms with Crippen LogP contribution >= 0.6 is 0 Å². The normalized spacial score (nSPS) is 10.2. The predicted octanol–water partition coefficient (Wildman–Crippen LogP) is 4.47. The van der Waals surface area contributed by atoms with Crippen LogP contribution in [0.1, 0.15) is 16.8 Å². The lowest BCUT2D eigenvalue weighted by atomic mass is 10.0. The van der Waals surface area contributed by atoms with Gasteiger partial charge in [0.2, 0.25) is 0 Å². The molecule has 3 heteroatoms. The zero-order valence-electron chi connectivity index (χ0n) is 12.4. The Hall–Kier alpha value is -2.99. The van der Waals surface area contributed by atoms with Crippen molar-refractivity contribution < 1.29 is 0 Å². The van der Waals surface area contributed by atoms with Gasteiger partial charge in [0.25, 0.3) is 0 Å². The van der Waals surface area contributed by atoms with Crippen molar-refractivity contribution >= 4 is 5.82 Å². The molecule has 0 saturated heterocycles. The van der Waals surface area contributed by atoms with E-state index in [2.05, 4.69) is 28.5 Å². The summed E-state index contributed by atoms with van der Waals surface area (Å²) in [5.74, 6) is 0.780. The zero-order chi connectivity index (χ0) is 15.4. The molecule has 1 aromatic heterocycles. The van der Waals surface area contributed by atoms with Crippen LogP contribution in [-0.4, -0.2) is 4.98 Å². The summed E-state index contributed by atoms with van der Waals surface area (Å²) in [4.78, 5) is 3.30. The van der Waals surface area contributed by atoms with Crippen LogP contribution in [0.25, 0.3) is 11.1 Å². The van der Waals surface area contributed by atoms with E-state index in [1.165, 1.54) is 5.56 Å². The van der Waals surface area contributed by atoms with E-state index in [0.29, 0.717) is 12.1 Å². The van der Waals surface area contributed by atoms with E-state index >= 15 is 0 Å². The van der Waals surface area contributed by atoms with Crippen LogP contribution in [0.4, 0.5) is 5.82 Å². The molecule has 0 unspecified atom stereocenters. The lowest BCUT2D eigenvalue weighted by Crippen LogP contribution is -2.00. The number of aryl methyl sites for hydroxylation is 1. The molecule has 0 amide bonds. The van der Waals surface area contributed by atoms with E-state index in [4.69, 9.17) is 0 Å². The van der Waals surface area contributed by atoms with Crippen molar-refractivity contribution in [2.75, 3.05) is 5.32 Å². The highest BCUT2D eigenvalue weighted by Crippen LogP contribution is 2.32. The van der Waals surface area contributed by atoms with Crippen molar-refractivity contribution in [1.29, 1.82) is 5.26 Å². The van der Waals surface area contributed by atoms with Crippen molar-refractivity contribution in [3.05, 3.63) is 77.5 Å². The molecule has 3 rings (SSSR count). The Morgan fingerprint density at radius 3 is 2.27 bits per heavy atom. The lowest BCUT2D eigenvalue weighted by molar-refractivity contribution is 1.11. The Kier molecular flexibility index (Phi) is 3.93. The smallest absolute Gasteiger partial charge is 0.122 e. The number of nitrogens with one attached hydrogen (secondary N) is 2. The van der Waals surface area contributed by atoms with Gasteiger partial charge in [-0.3, -0.25) is 0 Å². The molecule has 0 aliphatic carbocycles. The fraction of sp³-hybridized carbons (Fsp3) is 0.105. The van der Waals surface area contributed by atoms with Gasteiger partial charge in [-0.1, -0.05) is 60.7 Å². The van der Waals surface area contributed by atoms with E-state index < -0.39 is 0 Å². The summed E-state index contributed by atoms with van der Waals surface area (Å²) in [7, 11) is 0. The predicted molar refractivity (Wildman–Crippen MR) is 89.4 cm³/mol. The second-order valence-electron chi connectivity index (χ2n) is 5.19. The Balaban J connectivity index is 1.92. The monoisotopic (exact) mass is 287 g/mol. The molecule has 0 radical (unpaired) electrons. The van der Waals surface area contributed by atoms with Crippen LogP contribution in [0, 0.1) is 18.3 Å². The highest BCUT2D eigenvalue weighted by molar-refractivity contribution is 5.79. The number of H-pyrrole nitrogens is 1.